The van der Waals surface area contributed by atoms with E-state index in [9.17, 15) is 4.79 Å². The summed E-state index contributed by atoms with van der Waals surface area (Å²) >= 11 is 6.15. The fourth-order valence-corrected chi connectivity index (χ4v) is 3.56. The van der Waals surface area contributed by atoms with Crippen LogP contribution in [0.5, 0.6) is 5.75 Å². The second-order valence-electron chi connectivity index (χ2n) is 5.95. The number of nitrogens with one attached hydrogen (secondary N) is 1. The van der Waals surface area contributed by atoms with Crippen LogP contribution in [0, 0.1) is 0 Å². The van der Waals surface area contributed by atoms with Crippen molar-refractivity contribution in [2.24, 2.45) is 0 Å². The largest absolute Gasteiger partial charge is 0.496 e. The Kier molecular flexibility index (Phi) is 4.58. The molecule has 3 nitrogen and oxygen atoms in total. The molecule has 1 saturated carbocycles. The first-order valence-corrected chi connectivity index (χ1v) is 8.24. The Morgan fingerprint density at radius 1 is 1.13 bits per heavy atom. The lowest BCUT2D eigenvalue weighted by molar-refractivity contribution is 0.0895. The van der Waals surface area contributed by atoms with Gasteiger partial charge in [0.1, 0.15) is 5.75 Å². The van der Waals surface area contributed by atoms with Gasteiger partial charge in [-0.1, -0.05) is 48.7 Å². The smallest absolute Gasteiger partial charge is 0.255 e. The molecule has 1 aliphatic rings. The van der Waals surface area contributed by atoms with Gasteiger partial charge in [-0.05, 0) is 42.7 Å². The zero-order valence-corrected chi connectivity index (χ0v) is 13.9. The maximum atomic E-state index is 12.8. The lowest BCUT2D eigenvalue weighted by Crippen LogP contribution is -2.43. The average molecular weight is 330 g/mol. The molecule has 2 aromatic carbocycles. The van der Waals surface area contributed by atoms with E-state index < -0.39 is 0 Å². The van der Waals surface area contributed by atoms with Crippen LogP contribution < -0.4 is 10.1 Å². The fraction of sp³-hybridized carbons (Fsp3) is 0.316. The Morgan fingerprint density at radius 3 is 2.57 bits per heavy atom. The molecule has 0 atom stereocenters. The van der Waals surface area contributed by atoms with E-state index in [-0.39, 0.29) is 11.4 Å². The molecule has 1 fully saturated rings. The van der Waals surface area contributed by atoms with Crippen molar-refractivity contribution in [3.63, 3.8) is 0 Å². The lowest BCUT2D eigenvalue weighted by Gasteiger charge is -2.31. The van der Waals surface area contributed by atoms with E-state index in [0.717, 1.165) is 31.2 Å². The topological polar surface area (TPSA) is 38.3 Å². The number of carbonyl (C=O) groups is 1. The minimum absolute atomic E-state index is 0.107. The molecule has 3 rings (SSSR count). The highest BCUT2D eigenvalue weighted by molar-refractivity contribution is 6.30. The monoisotopic (exact) mass is 329 g/mol. The lowest BCUT2D eigenvalue weighted by atomic mass is 9.87. The third kappa shape index (κ3) is 3.20. The molecule has 0 radical (unpaired) electrons. The molecule has 4 heteroatoms. The van der Waals surface area contributed by atoms with Crippen LogP contribution in [0.1, 0.15) is 41.6 Å². The number of amides is 1. The van der Waals surface area contributed by atoms with Crippen molar-refractivity contribution in [3.05, 3.63) is 64.7 Å². The summed E-state index contributed by atoms with van der Waals surface area (Å²) in [5.41, 5.74) is 1.29. The van der Waals surface area contributed by atoms with Gasteiger partial charge in [-0.2, -0.15) is 0 Å². The summed E-state index contributed by atoms with van der Waals surface area (Å²) in [4.78, 5) is 12.8. The van der Waals surface area contributed by atoms with Crippen LogP contribution in [0.15, 0.2) is 48.5 Å². The number of para-hydroxylation sites is 1. The van der Waals surface area contributed by atoms with Gasteiger partial charge in [-0.25, -0.2) is 0 Å². The summed E-state index contributed by atoms with van der Waals surface area (Å²) in [5.74, 6) is 0.480. The number of methoxy groups -OCH3 is 1. The molecule has 0 spiro atoms. The summed E-state index contributed by atoms with van der Waals surface area (Å²) in [6.45, 7) is 0. The van der Waals surface area contributed by atoms with Crippen LogP contribution in [0.3, 0.4) is 0 Å². The number of ether oxygens (including phenoxy) is 1. The van der Waals surface area contributed by atoms with E-state index in [1.54, 1.807) is 19.2 Å². The fourth-order valence-electron chi connectivity index (χ4n) is 3.37. The molecule has 0 saturated heterocycles. The Morgan fingerprint density at radius 2 is 1.87 bits per heavy atom. The van der Waals surface area contributed by atoms with E-state index in [1.807, 2.05) is 36.4 Å². The number of benzene rings is 2. The standard InChI is InChI=1S/C19H20ClNO2/c1-23-17-10-3-2-9-16(17)18(22)21-19(11-4-5-12-19)14-7-6-8-15(20)13-14/h2-3,6-10,13H,4-5,11-12H2,1H3,(H,21,22). The molecule has 1 aliphatic carbocycles. The average Bonchev–Trinajstić information content (AvgIpc) is 3.04. The maximum Gasteiger partial charge on any atom is 0.255 e. The highest BCUT2D eigenvalue weighted by Crippen LogP contribution is 2.40. The van der Waals surface area contributed by atoms with Crippen molar-refractivity contribution in [1.29, 1.82) is 0 Å². The Balaban J connectivity index is 1.92. The van der Waals surface area contributed by atoms with Gasteiger partial charge in [0.05, 0.1) is 18.2 Å². The molecular formula is C19H20ClNO2. The van der Waals surface area contributed by atoms with Crippen LogP contribution >= 0.6 is 11.6 Å². The zero-order valence-electron chi connectivity index (χ0n) is 13.1. The molecule has 0 bridgehead atoms. The molecule has 120 valence electrons. The molecular weight excluding hydrogens is 310 g/mol. The van der Waals surface area contributed by atoms with E-state index in [1.165, 1.54) is 0 Å². The summed E-state index contributed by atoms with van der Waals surface area (Å²) in [6, 6.07) is 15.1. The normalized spacial score (nSPS) is 16.1. The van der Waals surface area contributed by atoms with Gasteiger partial charge < -0.3 is 10.1 Å². The van der Waals surface area contributed by atoms with Gasteiger partial charge in [-0.3, -0.25) is 4.79 Å². The third-order valence-electron chi connectivity index (χ3n) is 4.54. The third-order valence-corrected chi connectivity index (χ3v) is 4.77. The van der Waals surface area contributed by atoms with Gasteiger partial charge in [0.25, 0.3) is 5.91 Å². The number of rotatable bonds is 4. The van der Waals surface area contributed by atoms with E-state index >= 15 is 0 Å². The molecule has 1 N–H and O–H groups in total. The van der Waals surface area contributed by atoms with E-state index in [0.29, 0.717) is 16.3 Å². The number of hydrogen-bond donors (Lipinski definition) is 1. The number of carbonyl (C=O) groups excluding carboxylic acids is 1. The quantitative estimate of drug-likeness (QED) is 0.893. The zero-order chi connectivity index (χ0) is 16.3. The SMILES string of the molecule is COc1ccccc1C(=O)NC1(c2cccc(Cl)c2)CCCC1. The highest BCUT2D eigenvalue weighted by atomic mass is 35.5. The first-order chi connectivity index (χ1) is 11.1. The van der Waals surface area contributed by atoms with Crippen LogP contribution in [0.4, 0.5) is 0 Å². The van der Waals surface area contributed by atoms with E-state index in [2.05, 4.69) is 5.32 Å². The summed E-state index contributed by atoms with van der Waals surface area (Å²) in [7, 11) is 1.58. The minimum atomic E-state index is -0.344. The van der Waals surface area contributed by atoms with Gasteiger partial charge in [-0.15, -0.1) is 0 Å². The summed E-state index contributed by atoms with van der Waals surface area (Å²) in [5, 5.41) is 3.94. The molecule has 0 aromatic heterocycles. The Hall–Kier alpha value is -2.00. The Bertz CT molecular complexity index is 708. The number of halogens is 1. The van der Waals surface area contributed by atoms with Crippen molar-refractivity contribution in [2.45, 2.75) is 31.2 Å². The van der Waals surface area contributed by atoms with Crippen LogP contribution in [0.2, 0.25) is 5.02 Å². The molecule has 2 aromatic rings. The molecule has 0 aliphatic heterocycles. The van der Waals surface area contributed by atoms with Gasteiger partial charge in [0, 0.05) is 5.02 Å². The predicted molar refractivity (Wildman–Crippen MR) is 92.1 cm³/mol. The van der Waals surface area contributed by atoms with Crippen molar-refractivity contribution >= 4 is 17.5 Å². The predicted octanol–water partition coefficient (Wildman–Crippen LogP) is 4.55. The van der Waals surface area contributed by atoms with Crippen molar-refractivity contribution in [3.8, 4) is 5.75 Å². The summed E-state index contributed by atoms with van der Waals surface area (Å²) in [6.07, 6.45) is 4.04. The van der Waals surface area contributed by atoms with Crippen molar-refractivity contribution in [2.75, 3.05) is 7.11 Å². The van der Waals surface area contributed by atoms with Crippen molar-refractivity contribution in [1.82, 2.24) is 5.32 Å². The number of hydrogen-bond acceptors (Lipinski definition) is 2. The first-order valence-electron chi connectivity index (χ1n) is 7.86. The van der Waals surface area contributed by atoms with Crippen LogP contribution in [-0.4, -0.2) is 13.0 Å². The van der Waals surface area contributed by atoms with Crippen molar-refractivity contribution < 1.29 is 9.53 Å². The maximum absolute atomic E-state index is 12.8. The molecule has 1 amide bonds. The van der Waals surface area contributed by atoms with Gasteiger partial charge in [0.15, 0.2) is 0 Å². The second kappa shape index (κ2) is 6.63. The second-order valence-corrected chi connectivity index (χ2v) is 6.39. The van der Waals surface area contributed by atoms with Gasteiger partial charge >= 0.3 is 0 Å². The first kappa shape index (κ1) is 15.9. The summed E-state index contributed by atoms with van der Waals surface area (Å²) < 4.78 is 5.31. The molecule has 0 heterocycles. The van der Waals surface area contributed by atoms with E-state index in [4.69, 9.17) is 16.3 Å². The highest BCUT2D eigenvalue weighted by Gasteiger charge is 2.37. The molecule has 23 heavy (non-hydrogen) atoms. The van der Waals surface area contributed by atoms with Gasteiger partial charge in [0.2, 0.25) is 0 Å². The minimum Gasteiger partial charge on any atom is -0.496 e. The van der Waals surface area contributed by atoms with Crippen LogP contribution in [0.25, 0.3) is 0 Å². The Labute approximate surface area is 141 Å². The molecule has 0 unspecified atom stereocenters. The van der Waals surface area contributed by atoms with Crippen LogP contribution in [-0.2, 0) is 5.54 Å².